The van der Waals surface area contributed by atoms with Crippen LogP contribution in [0.15, 0.2) is 18.2 Å². The molecule has 28 heavy (non-hydrogen) atoms. The van der Waals surface area contributed by atoms with Crippen molar-refractivity contribution in [3.8, 4) is 0 Å². The van der Waals surface area contributed by atoms with E-state index in [0.29, 0.717) is 13.2 Å². The number of nitrogens with one attached hydrogen (secondary N) is 1. The third-order valence-corrected chi connectivity index (χ3v) is 6.73. The third kappa shape index (κ3) is 4.58. The predicted molar refractivity (Wildman–Crippen MR) is 109 cm³/mol. The number of likely N-dealkylation sites (tertiary alicyclic amines) is 1. The van der Waals surface area contributed by atoms with Crippen LogP contribution in [0.4, 0.5) is 0 Å². The summed E-state index contributed by atoms with van der Waals surface area (Å²) in [6.45, 7) is 8.90. The molecule has 3 heterocycles. The number of rotatable bonds is 5. The van der Waals surface area contributed by atoms with Crippen molar-refractivity contribution in [2.75, 3.05) is 26.2 Å². The monoisotopic (exact) mass is 386 g/mol. The van der Waals surface area contributed by atoms with Crippen LogP contribution in [0.25, 0.3) is 0 Å². The first-order chi connectivity index (χ1) is 13.5. The molecule has 0 aromatic heterocycles. The molecule has 3 aliphatic heterocycles. The Balaban J connectivity index is 1.23. The Bertz CT molecular complexity index is 691. The molecule has 2 atom stereocenters. The van der Waals surface area contributed by atoms with Gasteiger partial charge in [-0.1, -0.05) is 23.8 Å². The van der Waals surface area contributed by atoms with Crippen molar-refractivity contribution >= 4 is 5.91 Å². The lowest BCUT2D eigenvalue weighted by molar-refractivity contribution is -0.131. The highest BCUT2D eigenvalue weighted by Gasteiger charge is 2.42. The Morgan fingerprint density at radius 2 is 2.04 bits per heavy atom. The maximum atomic E-state index is 12.1. The second-order valence-corrected chi connectivity index (χ2v) is 8.91. The SMILES string of the molecule is Cc1ccc(C)c(CN2CCC3(CC[C@H](CNC(=O)[C@H]4CCCO4)O3)CC2)c1. The third-order valence-electron chi connectivity index (χ3n) is 6.73. The van der Waals surface area contributed by atoms with Gasteiger partial charge in [-0.2, -0.15) is 0 Å². The van der Waals surface area contributed by atoms with Crippen LogP contribution >= 0.6 is 0 Å². The van der Waals surface area contributed by atoms with Gasteiger partial charge in [-0.3, -0.25) is 9.69 Å². The number of hydrogen-bond donors (Lipinski definition) is 1. The number of hydrogen-bond acceptors (Lipinski definition) is 4. The van der Waals surface area contributed by atoms with Gasteiger partial charge in [0.1, 0.15) is 6.10 Å². The number of ether oxygens (including phenoxy) is 2. The van der Waals surface area contributed by atoms with Crippen molar-refractivity contribution in [3.63, 3.8) is 0 Å². The molecule has 4 rings (SSSR count). The molecular formula is C23H34N2O3. The van der Waals surface area contributed by atoms with Gasteiger partial charge < -0.3 is 14.8 Å². The summed E-state index contributed by atoms with van der Waals surface area (Å²) >= 11 is 0. The average Bonchev–Trinajstić information content (AvgIpc) is 3.36. The van der Waals surface area contributed by atoms with E-state index in [9.17, 15) is 4.79 Å². The maximum absolute atomic E-state index is 12.1. The van der Waals surface area contributed by atoms with E-state index < -0.39 is 0 Å². The van der Waals surface area contributed by atoms with Gasteiger partial charge in [-0.05, 0) is 63.5 Å². The maximum Gasteiger partial charge on any atom is 0.249 e. The second-order valence-electron chi connectivity index (χ2n) is 8.91. The summed E-state index contributed by atoms with van der Waals surface area (Å²) in [6.07, 6.45) is 6.08. The summed E-state index contributed by atoms with van der Waals surface area (Å²) < 4.78 is 11.9. The summed E-state index contributed by atoms with van der Waals surface area (Å²) in [7, 11) is 0. The fraction of sp³-hybridized carbons (Fsp3) is 0.696. The van der Waals surface area contributed by atoms with Crippen LogP contribution in [0, 0.1) is 13.8 Å². The molecule has 0 saturated carbocycles. The van der Waals surface area contributed by atoms with E-state index >= 15 is 0 Å². The zero-order chi connectivity index (χ0) is 19.6. The van der Waals surface area contributed by atoms with Crippen molar-refractivity contribution < 1.29 is 14.3 Å². The van der Waals surface area contributed by atoms with E-state index in [2.05, 4.69) is 42.3 Å². The van der Waals surface area contributed by atoms with Crippen LogP contribution in [0.5, 0.6) is 0 Å². The van der Waals surface area contributed by atoms with Crippen LogP contribution in [0.1, 0.15) is 55.2 Å². The Morgan fingerprint density at radius 1 is 1.21 bits per heavy atom. The number of nitrogens with zero attached hydrogens (tertiary/aromatic N) is 1. The van der Waals surface area contributed by atoms with E-state index in [4.69, 9.17) is 9.47 Å². The summed E-state index contributed by atoms with van der Waals surface area (Å²) in [5.41, 5.74) is 4.18. The zero-order valence-corrected chi connectivity index (χ0v) is 17.3. The summed E-state index contributed by atoms with van der Waals surface area (Å²) in [4.78, 5) is 14.7. The Hall–Kier alpha value is -1.43. The summed E-state index contributed by atoms with van der Waals surface area (Å²) in [5.74, 6) is 0.0328. The largest absolute Gasteiger partial charge is 0.370 e. The Labute approximate surface area is 168 Å². The standard InChI is InChI=1S/C23H34N2O3/c1-17-5-6-18(2)19(14-17)16-25-11-9-23(10-12-25)8-7-20(28-23)15-24-22(26)21-4-3-13-27-21/h5-6,14,20-21H,3-4,7-13,15-16H2,1-2H3,(H,24,26)/t20-,21-/m1/s1. The average molecular weight is 387 g/mol. The minimum absolute atomic E-state index is 0.0252. The van der Waals surface area contributed by atoms with Gasteiger partial charge >= 0.3 is 0 Å². The molecule has 1 N–H and O–H groups in total. The van der Waals surface area contributed by atoms with Crippen molar-refractivity contribution in [2.45, 2.75) is 76.7 Å². The van der Waals surface area contributed by atoms with Crippen molar-refractivity contribution in [1.29, 1.82) is 0 Å². The number of carbonyl (C=O) groups is 1. The lowest BCUT2D eigenvalue weighted by atomic mass is 9.88. The fourth-order valence-electron chi connectivity index (χ4n) is 4.85. The van der Waals surface area contributed by atoms with Gasteiger partial charge in [0, 0.05) is 32.8 Å². The van der Waals surface area contributed by atoms with Gasteiger partial charge in [0.25, 0.3) is 0 Å². The van der Waals surface area contributed by atoms with E-state index in [-0.39, 0.29) is 23.7 Å². The number of piperidine rings is 1. The predicted octanol–water partition coefficient (Wildman–Crippen LogP) is 3.11. The van der Waals surface area contributed by atoms with Crippen LogP contribution in [-0.4, -0.2) is 54.9 Å². The van der Waals surface area contributed by atoms with E-state index in [1.165, 1.54) is 16.7 Å². The molecule has 3 fully saturated rings. The highest BCUT2D eigenvalue weighted by Crippen LogP contribution is 2.39. The van der Waals surface area contributed by atoms with Crippen LogP contribution in [0.3, 0.4) is 0 Å². The highest BCUT2D eigenvalue weighted by molar-refractivity contribution is 5.80. The Kier molecular flexibility index (Phi) is 6.04. The second kappa shape index (κ2) is 8.52. The molecule has 154 valence electrons. The number of benzene rings is 1. The number of carbonyl (C=O) groups excluding carboxylic acids is 1. The van der Waals surface area contributed by atoms with Crippen molar-refractivity contribution in [2.24, 2.45) is 0 Å². The smallest absolute Gasteiger partial charge is 0.249 e. The lowest BCUT2D eigenvalue weighted by Gasteiger charge is -2.39. The first-order valence-electron chi connectivity index (χ1n) is 10.9. The van der Waals surface area contributed by atoms with Gasteiger partial charge in [0.15, 0.2) is 0 Å². The number of amides is 1. The molecule has 5 nitrogen and oxygen atoms in total. The van der Waals surface area contributed by atoms with Crippen molar-refractivity contribution in [3.05, 3.63) is 34.9 Å². The minimum atomic E-state index is -0.247. The van der Waals surface area contributed by atoms with Crippen LogP contribution in [-0.2, 0) is 20.8 Å². The molecule has 0 unspecified atom stereocenters. The molecule has 0 aliphatic carbocycles. The van der Waals surface area contributed by atoms with Gasteiger partial charge in [-0.25, -0.2) is 0 Å². The van der Waals surface area contributed by atoms with E-state index in [0.717, 1.165) is 58.2 Å². The van der Waals surface area contributed by atoms with Gasteiger partial charge in [0.05, 0.1) is 11.7 Å². The van der Waals surface area contributed by atoms with Crippen molar-refractivity contribution in [1.82, 2.24) is 10.2 Å². The lowest BCUT2D eigenvalue weighted by Crippen LogP contribution is -2.45. The highest BCUT2D eigenvalue weighted by atomic mass is 16.5. The topological polar surface area (TPSA) is 50.8 Å². The normalized spacial score (nSPS) is 27.4. The quantitative estimate of drug-likeness (QED) is 0.845. The molecule has 3 aliphatic rings. The molecular weight excluding hydrogens is 352 g/mol. The van der Waals surface area contributed by atoms with Crippen LogP contribution < -0.4 is 5.32 Å². The molecule has 5 heteroatoms. The molecule has 3 saturated heterocycles. The number of aryl methyl sites for hydroxylation is 2. The molecule has 0 bridgehead atoms. The molecule has 0 radical (unpaired) electrons. The first-order valence-corrected chi connectivity index (χ1v) is 10.9. The van der Waals surface area contributed by atoms with Gasteiger partial charge in [-0.15, -0.1) is 0 Å². The summed E-state index contributed by atoms with van der Waals surface area (Å²) in [6, 6.07) is 6.73. The van der Waals surface area contributed by atoms with Gasteiger partial charge in [0.2, 0.25) is 5.91 Å². The van der Waals surface area contributed by atoms with Crippen LogP contribution in [0.2, 0.25) is 0 Å². The zero-order valence-electron chi connectivity index (χ0n) is 17.3. The molecule has 1 aromatic carbocycles. The molecule has 1 aromatic rings. The fourth-order valence-corrected chi connectivity index (χ4v) is 4.85. The molecule has 1 spiro atoms. The van der Waals surface area contributed by atoms with E-state index in [1.54, 1.807) is 0 Å². The first kappa shape index (κ1) is 19.9. The summed E-state index contributed by atoms with van der Waals surface area (Å²) in [5, 5.41) is 3.04. The Morgan fingerprint density at radius 3 is 2.79 bits per heavy atom. The minimum Gasteiger partial charge on any atom is -0.370 e. The molecule has 1 amide bonds. The van der Waals surface area contributed by atoms with E-state index in [1.807, 2.05) is 0 Å².